The molecular weight excluding hydrogens is 228 g/mol. The van der Waals surface area contributed by atoms with Gasteiger partial charge < -0.3 is 14.2 Å². The second-order valence-electron chi connectivity index (χ2n) is 5.13. The normalized spacial score (nSPS) is 31.6. The van der Waals surface area contributed by atoms with E-state index in [1.165, 1.54) is 5.56 Å². The molecule has 0 bridgehead atoms. The Balaban J connectivity index is 1.91. The van der Waals surface area contributed by atoms with Gasteiger partial charge in [-0.05, 0) is 44.9 Å². The van der Waals surface area contributed by atoms with Gasteiger partial charge >= 0.3 is 0 Å². The van der Waals surface area contributed by atoms with E-state index >= 15 is 0 Å². The quantitative estimate of drug-likeness (QED) is 0.821. The molecule has 1 aromatic carbocycles. The van der Waals surface area contributed by atoms with Gasteiger partial charge in [0.05, 0.1) is 19.3 Å². The molecule has 100 valence electrons. The monoisotopic (exact) mass is 250 g/mol. The average Bonchev–Trinajstić information content (AvgIpc) is 2.62. The zero-order valence-electron chi connectivity index (χ0n) is 11.6. The van der Waals surface area contributed by atoms with Crippen molar-refractivity contribution < 1.29 is 14.2 Å². The highest BCUT2D eigenvalue weighted by atomic mass is 16.7. The molecule has 0 radical (unpaired) electrons. The van der Waals surface area contributed by atoms with Gasteiger partial charge in [-0.25, -0.2) is 0 Å². The minimum absolute atomic E-state index is 0.172. The molecule has 2 rings (SSSR count). The summed E-state index contributed by atoms with van der Waals surface area (Å²) in [5.41, 5.74) is 1.27. The van der Waals surface area contributed by atoms with Crippen molar-refractivity contribution in [1.82, 2.24) is 0 Å². The van der Waals surface area contributed by atoms with Crippen LogP contribution in [0.4, 0.5) is 0 Å². The van der Waals surface area contributed by atoms with Crippen LogP contribution >= 0.6 is 0 Å². The molecule has 1 heterocycles. The van der Waals surface area contributed by atoms with Gasteiger partial charge in [0, 0.05) is 6.42 Å². The second-order valence-corrected chi connectivity index (χ2v) is 5.13. The molecule has 3 nitrogen and oxygen atoms in total. The molecule has 1 aliphatic rings. The third-order valence-corrected chi connectivity index (χ3v) is 3.56. The molecule has 0 spiro atoms. The van der Waals surface area contributed by atoms with Crippen LogP contribution in [0.1, 0.15) is 32.8 Å². The van der Waals surface area contributed by atoms with Gasteiger partial charge in [0.1, 0.15) is 5.75 Å². The van der Waals surface area contributed by atoms with E-state index in [1.807, 2.05) is 19.1 Å². The maximum Gasteiger partial charge on any atom is 0.166 e. The van der Waals surface area contributed by atoms with Crippen LogP contribution in [0.3, 0.4) is 0 Å². The van der Waals surface area contributed by atoms with Crippen molar-refractivity contribution in [2.45, 2.75) is 51.6 Å². The summed E-state index contributed by atoms with van der Waals surface area (Å²) in [6.07, 6.45) is 2.16. The molecule has 2 unspecified atom stereocenters. The van der Waals surface area contributed by atoms with Crippen molar-refractivity contribution in [3.8, 4) is 5.75 Å². The van der Waals surface area contributed by atoms with Crippen molar-refractivity contribution in [2.75, 3.05) is 7.11 Å². The van der Waals surface area contributed by atoms with Crippen LogP contribution in [0.5, 0.6) is 5.75 Å². The number of methoxy groups -OCH3 is 1. The highest BCUT2D eigenvalue weighted by molar-refractivity contribution is 5.27. The lowest BCUT2D eigenvalue weighted by Gasteiger charge is -2.23. The van der Waals surface area contributed by atoms with Crippen LogP contribution in [-0.4, -0.2) is 25.1 Å². The highest BCUT2D eigenvalue weighted by Crippen LogP contribution is 2.32. The molecule has 0 N–H and O–H groups in total. The zero-order valence-corrected chi connectivity index (χ0v) is 11.6. The Morgan fingerprint density at radius 1 is 1.11 bits per heavy atom. The summed E-state index contributed by atoms with van der Waals surface area (Å²) in [7, 11) is 1.68. The lowest BCUT2D eigenvalue weighted by molar-refractivity contribution is -0.162. The number of hydrogen-bond donors (Lipinski definition) is 0. The standard InChI is InChI=1S/C15H22O3/c1-11-12(2)18-15(3,17-11)10-9-13-5-7-14(16-4)8-6-13/h5-8,11-12H,9-10H2,1-4H3. The maximum atomic E-state index is 5.88. The van der Waals surface area contributed by atoms with Gasteiger partial charge in [-0.3, -0.25) is 0 Å². The predicted molar refractivity (Wildman–Crippen MR) is 70.8 cm³/mol. The van der Waals surface area contributed by atoms with Crippen LogP contribution in [0.2, 0.25) is 0 Å². The molecule has 3 heteroatoms. The average molecular weight is 250 g/mol. The first kappa shape index (κ1) is 13.4. The number of ether oxygens (including phenoxy) is 3. The predicted octanol–water partition coefficient (Wildman–Crippen LogP) is 3.17. The molecule has 1 aliphatic heterocycles. The minimum Gasteiger partial charge on any atom is -0.497 e. The number of hydrogen-bond acceptors (Lipinski definition) is 3. The van der Waals surface area contributed by atoms with Crippen molar-refractivity contribution in [1.29, 1.82) is 0 Å². The summed E-state index contributed by atoms with van der Waals surface area (Å²) in [6, 6.07) is 8.15. The summed E-state index contributed by atoms with van der Waals surface area (Å²) >= 11 is 0. The fraction of sp³-hybridized carbons (Fsp3) is 0.600. The van der Waals surface area contributed by atoms with Gasteiger partial charge in [0.25, 0.3) is 0 Å². The third-order valence-electron chi connectivity index (χ3n) is 3.56. The molecule has 1 saturated heterocycles. The number of benzene rings is 1. The van der Waals surface area contributed by atoms with Crippen LogP contribution in [0, 0.1) is 0 Å². The maximum absolute atomic E-state index is 5.88. The zero-order chi connectivity index (χ0) is 13.2. The first-order valence-corrected chi connectivity index (χ1v) is 6.51. The molecule has 1 fully saturated rings. The molecule has 0 saturated carbocycles. The van der Waals surface area contributed by atoms with E-state index in [2.05, 4.69) is 26.0 Å². The molecule has 0 aliphatic carbocycles. The summed E-state index contributed by atoms with van der Waals surface area (Å²) in [5.74, 6) is 0.444. The van der Waals surface area contributed by atoms with Crippen molar-refractivity contribution >= 4 is 0 Å². The van der Waals surface area contributed by atoms with E-state index < -0.39 is 5.79 Å². The SMILES string of the molecule is COc1ccc(CCC2(C)OC(C)C(C)O2)cc1. The van der Waals surface area contributed by atoms with Crippen LogP contribution in [0.25, 0.3) is 0 Å². The minimum atomic E-state index is -0.446. The van der Waals surface area contributed by atoms with E-state index in [4.69, 9.17) is 14.2 Å². The summed E-state index contributed by atoms with van der Waals surface area (Å²) < 4.78 is 16.9. The van der Waals surface area contributed by atoms with Crippen LogP contribution in [-0.2, 0) is 15.9 Å². The van der Waals surface area contributed by atoms with Crippen molar-refractivity contribution in [3.63, 3.8) is 0 Å². The summed E-state index contributed by atoms with van der Waals surface area (Å²) in [5, 5.41) is 0. The van der Waals surface area contributed by atoms with Gasteiger partial charge in [0.15, 0.2) is 5.79 Å². The number of aryl methyl sites for hydroxylation is 1. The Morgan fingerprint density at radius 3 is 2.17 bits per heavy atom. The first-order chi connectivity index (χ1) is 8.52. The van der Waals surface area contributed by atoms with E-state index in [9.17, 15) is 0 Å². The summed E-state index contributed by atoms with van der Waals surface area (Å²) in [6.45, 7) is 6.14. The Labute approximate surface area is 109 Å². The van der Waals surface area contributed by atoms with Crippen molar-refractivity contribution in [3.05, 3.63) is 29.8 Å². The van der Waals surface area contributed by atoms with Gasteiger partial charge in [-0.2, -0.15) is 0 Å². The fourth-order valence-corrected chi connectivity index (χ4v) is 2.29. The van der Waals surface area contributed by atoms with Crippen LogP contribution in [0.15, 0.2) is 24.3 Å². The van der Waals surface area contributed by atoms with Gasteiger partial charge in [-0.15, -0.1) is 0 Å². The largest absolute Gasteiger partial charge is 0.497 e. The Morgan fingerprint density at radius 2 is 1.67 bits per heavy atom. The lowest BCUT2D eigenvalue weighted by atomic mass is 10.1. The van der Waals surface area contributed by atoms with E-state index in [1.54, 1.807) is 7.11 Å². The Bertz CT molecular complexity index is 375. The van der Waals surface area contributed by atoms with E-state index in [-0.39, 0.29) is 12.2 Å². The highest BCUT2D eigenvalue weighted by Gasteiger charge is 2.39. The molecule has 18 heavy (non-hydrogen) atoms. The van der Waals surface area contributed by atoms with Gasteiger partial charge in [0.2, 0.25) is 0 Å². The lowest BCUT2D eigenvalue weighted by Crippen LogP contribution is -2.27. The molecule has 2 atom stereocenters. The Kier molecular flexibility index (Phi) is 3.93. The second kappa shape index (κ2) is 5.29. The fourth-order valence-electron chi connectivity index (χ4n) is 2.29. The van der Waals surface area contributed by atoms with Crippen LogP contribution < -0.4 is 4.74 Å². The number of rotatable bonds is 4. The van der Waals surface area contributed by atoms with E-state index in [0.717, 1.165) is 18.6 Å². The third kappa shape index (κ3) is 3.03. The van der Waals surface area contributed by atoms with E-state index in [0.29, 0.717) is 0 Å². The smallest absolute Gasteiger partial charge is 0.166 e. The molecule has 1 aromatic rings. The molecule has 0 amide bonds. The van der Waals surface area contributed by atoms with Crippen molar-refractivity contribution in [2.24, 2.45) is 0 Å². The summed E-state index contributed by atoms with van der Waals surface area (Å²) in [4.78, 5) is 0. The molecular formula is C15H22O3. The first-order valence-electron chi connectivity index (χ1n) is 6.51. The Hall–Kier alpha value is -1.06. The molecule has 0 aromatic heterocycles. The topological polar surface area (TPSA) is 27.7 Å². The van der Waals surface area contributed by atoms with Gasteiger partial charge in [-0.1, -0.05) is 12.1 Å².